The molecule has 0 unspecified atom stereocenters. The number of rotatable bonds is 2. The quantitative estimate of drug-likeness (QED) is 0.715. The van der Waals surface area contributed by atoms with E-state index in [-0.39, 0.29) is 31.8 Å². The average molecular weight is 397 g/mol. The Morgan fingerprint density at radius 3 is 2.11 bits per heavy atom. The highest BCUT2D eigenvalue weighted by Crippen LogP contribution is 2.37. The van der Waals surface area contributed by atoms with Gasteiger partial charge in [0.15, 0.2) is 0 Å². The molecule has 8 heteroatoms. The average Bonchev–Trinajstić information content (AvgIpc) is 2.81. The minimum atomic E-state index is -4.18. The molecule has 0 aliphatic carbocycles. The number of carbonyl (C=O) groups excluding carboxylic acids is 1. The minimum absolute atomic E-state index is 0.0414. The van der Waals surface area contributed by atoms with Gasteiger partial charge in [-0.2, -0.15) is 13.2 Å². The number of carbonyl (C=O) groups is 1. The summed E-state index contributed by atoms with van der Waals surface area (Å²) in [6.07, 6.45) is -4.27. The minimum Gasteiger partial charge on any atom is -0.399 e. The van der Waals surface area contributed by atoms with Gasteiger partial charge in [-0.15, -0.1) is 0 Å². The first-order chi connectivity index (χ1) is 12.8. The standard InChI is InChI=1S/C20H27BF3NO3/c1-13-12-15(21-27-18(2,3)19(4,5)28-21)6-7-16(13)17(26)25-10-8-14(9-11-25)20(22,23)24/h6-7,12,14H,8-11H2,1-5H3. The summed E-state index contributed by atoms with van der Waals surface area (Å²) >= 11 is 0. The Morgan fingerprint density at radius 1 is 1.11 bits per heavy atom. The highest BCUT2D eigenvalue weighted by molar-refractivity contribution is 6.62. The molecule has 0 spiro atoms. The van der Waals surface area contributed by atoms with Gasteiger partial charge in [0.1, 0.15) is 0 Å². The van der Waals surface area contributed by atoms with E-state index in [1.165, 1.54) is 4.90 Å². The van der Waals surface area contributed by atoms with Crippen LogP contribution in [-0.4, -0.2) is 48.4 Å². The summed E-state index contributed by atoms with van der Waals surface area (Å²) in [5.74, 6) is -1.54. The molecule has 1 aromatic rings. The smallest absolute Gasteiger partial charge is 0.399 e. The SMILES string of the molecule is Cc1cc(B2OC(C)(C)C(C)(C)O2)ccc1C(=O)N1CCC(C(F)(F)F)CC1. The number of halogens is 3. The second kappa shape index (κ2) is 7.06. The Balaban J connectivity index is 1.71. The lowest BCUT2D eigenvalue weighted by Gasteiger charge is -2.33. The molecule has 2 aliphatic rings. The molecule has 0 N–H and O–H groups in total. The molecule has 1 aromatic carbocycles. The lowest BCUT2D eigenvalue weighted by atomic mass is 9.77. The van der Waals surface area contributed by atoms with Crippen molar-refractivity contribution in [1.29, 1.82) is 0 Å². The fraction of sp³-hybridized carbons (Fsp3) is 0.650. The summed E-state index contributed by atoms with van der Waals surface area (Å²) in [4.78, 5) is 14.3. The number of piperidine rings is 1. The maximum atomic E-state index is 12.8. The predicted octanol–water partition coefficient (Wildman–Crippen LogP) is 3.71. The number of benzene rings is 1. The second-order valence-electron chi connectivity index (χ2n) is 8.77. The molecule has 2 fully saturated rings. The van der Waals surface area contributed by atoms with E-state index in [0.717, 1.165) is 11.0 Å². The normalized spacial score (nSPS) is 22.6. The van der Waals surface area contributed by atoms with Gasteiger partial charge >= 0.3 is 13.3 Å². The Morgan fingerprint density at radius 2 is 1.64 bits per heavy atom. The number of amides is 1. The van der Waals surface area contributed by atoms with Crippen LogP contribution in [0.5, 0.6) is 0 Å². The van der Waals surface area contributed by atoms with E-state index in [0.29, 0.717) is 5.56 Å². The van der Waals surface area contributed by atoms with Crippen molar-refractivity contribution in [2.75, 3.05) is 13.1 Å². The van der Waals surface area contributed by atoms with Crippen LogP contribution in [0.3, 0.4) is 0 Å². The van der Waals surface area contributed by atoms with E-state index in [2.05, 4.69) is 0 Å². The summed E-state index contributed by atoms with van der Waals surface area (Å²) in [5.41, 5.74) is 1.18. The first-order valence-corrected chi connectivity index (χ1v) is 9.64. The molecule has 1 amide bonds. The monoisotopic (exact) mass is 397 g/mol. The fourth-order valence-electron chi connectivity index (χ4n) is 3.63. The first-order valence-electron chi connectivity index (χ1n) is 9.64. The van der Waals surface area contributed by atoms with Crippen molar-refractivity contribution >= 4 is 18.5 Å². The van der Waals surface area contributed by atoms with E-state index in [1.807, 2.05) is 40.7 Å². The Labute approximate surface area is 164 Å². The van der Waals surface area contributed by atoms with Crippen LogP contribution in [0, 0.1) is 12.8 Å². The van der Waals surface area contributed by atoms with Crippen LogP contribution in [0.2, 0.25) is 0 Å². The van der Waals surface area contributed by atoms with E-state index in [9.17, 15) is 18.0 Å². The lowest BCUT2D eigenvalue weighted by Crippen LogP contribution is -2.42. The molecule has 0 atom stereocenters. The summed E-state index contributed by atoms with van der Waals surface area (Å²) < 4.78 is 50.6. The second-order valence-corrected chi connectivity index (χ2v) is 8.77. The molecule has 0 bridgehead atoms. The zero-order valence-corrected chi connectivity index (χ0v) is 17.0. The molecular weight excluding hydrogens is 370 g/mol. The molecule has 2 saturated heterocycles. The fourth-order valence-corrected chi connectivity index (χ4v) is 3.63. The van der Waals surface area contributed by atoms with Gasteiger partial charge in [-0.05, 0) is 64.6 Å². The topological polar surface area (TPSA) is 38.8 Å². The van der Waals surface area contributed by atoms with Crippen LogP contribution >= 0.6 is 0 Å². The first kappa shape index (κ1) is 21.2. The van der Waals surface area contributed by atoms with Crippen LogP contribution in [0.25, 0.3) is 0 Å². The Kier molecular flexibility index (Phi) is 5.34. The van der Waals surface area contributed by atoms with Crippen molar-refractivity contribution in [3.8, 4) is 0 Å². The van der Waals surface area contributed by atoms with Gasteiger partial charge in [-0.1, -0.05) is 12.1 Å². The largest absolute Gasteiger partial charge is 0.494 e. The van der Waals surface area contributed by atoms with Gasteiger partial charge < -0.3 is 14.2 Å². The van der Waals surface area contributed by atoms with Gasteiger partial charge in [0.25, 0.3) is 5.91 Å². The summed E-state index contributed by atoms with van der Waals surface area (Å²) in [6.45, 7) is 9.97. The summed E-state index contributed by atoms with van der Waals surface area (Å²) in [7, 11) is -0.518. The molecule has 0 radical (unpaired) electrons. The number of hydrogen-bond donors (Lipinski definition) is 0. The van der Waals surface area contributed by atoms with Crippen molar-refractivity contribution in [1.82, 2.24) is 4.90 Å². The molecule has 4 nitrogen and oxygen atoms in total. The third kappa shape index (κ3) is 3.94. The Hall–Kier alpha value is -1.54. The van der Waals surface area contributed by atoms with Crippen LogP contribution in [-0.2, 0) is 9.31 Å². The number of aryl methyl sites for hydroxylation is 1. The van der Waals surface area contributed by atoms with Gasteiger partial charge in [-0.3, -0.25) is 4.79 Å². The van der Waals surface area contributed by atoms with Gasteiger partial charge in [0, 0.05) is 18.7 Å². The number of alkyl halides is 3. The zero-order chi connectivity index (χ0) is 20.9. The molecule has 0 saturated carbocycles. The third-order valence-corrected chi connectivity index (χ3v) is 6.25. The van der Waals surface area contributed by atoms with Crippen LogP contribution in [0.1, 0.15) is 56.5 Å². The van der Waals surface area contributed by atoms with Crippen LogP contribution < -0.4 is 5.46 Å². The molecule has 2 aliphatic heterocycles. The molecule has 3 rings (SSSR count). The molecule has 0 aromatic heterocycles. The molecular formula is C20H27BF3NO3. The van der Waals surface area contributed by atoms with Crippen molar-refractivity contribution in [2.45, 2.75) is 64.8 Å². The van der Waals surface area contributed by atoms with Gasteiger partial charge in [0.05, 0.1) is 17.1 Å². The third-order valence-electron chi connectivity index (χ3n) is 6.25. The van der Waals surface area contributed by atoms with Gasteiger partial charge in [0.2, 0.25) is 0 Å². The van der Waals surface area contributed by atoms with Crippen molar-refractivity contribution in [3.05, 3.63) is 29.3 Å². The highest BCUT2D eigenvalue weighted by Gasteiger charge is 2.51. The van der Waals surface area contributed by atoms with Crippen LogP contribution in [0.15, 0.2) is 18.2 Å². The molecule has 28 heavy (non-hydrogen) atoms. The van der Waals surface area contributed by atoms with Crippen LogP contribution in [0.4, 0.5) is 13.2 Å². The van der Waals surface area contributed by atoms with Crippen molar-refractivity contribution in [2.24, 2.45) is 5.92 Å². The molecule has 154 valence electrons. The van der Waals surface area contributed by atoms with Gasteiger partial charge in [-0.25, -0.2) is 0 Å². The predicted molar refractivity (Wildman–Crippen MR) is 102 cm³/mol. The highest BCUT2D eigenvalue weighted by atomic mass is 19.4. The van der Waals surface area contributed by atoms with E-state index < -0.39 is 30.4 Å². The maximum Gasteiger partial charge on any atom is 0.494 e. The van der Waals surface area contributed by atoms with E-state index in [1.54, 1.807) is 12.1 Å². The lowest BCUT2D eigenvalue weighted by molar-refractivity contribution is -0.183. The van der Waals surface area contributed by atoms with Crippen molar-refractivity contribution < 1.29 is 27.3 Å². The molecule has 2 heterocycles. The van der Waals surface area contributed by atoms with Crippen molar-refractivity contribution in [3.63, 3.8) is 0 Å². The van der Waals surface area contributed by atoms with E-state index in [4.69, 9.17) is 9.31 Å². The zero-order valence-electron chi connectivity index (χ0n) is 17.0. The number of nitrogens with zero attached hydrogens (tertiary/aromatic N) is 1. The number of hydrogen-bond acceptors (Lipinski definition) is 3. The Bertz CT molecular complexity index is 740. The number of likely N-dealkylation sites (tertiary alicyclic amines) is 1. The maximum absolute atomic E-state index is 12.8. The summed E-state index contributed by atoms with van der Waals surface area (Å²) in [6, 6.07) is 5.37. The summed E-state index contributed by atoms with van der Waals surface area (Å²) in [5, 5.41) is 0. The van der Waals surface area contributed by atoms with E-state index >= 15 is 0 Å².